The van der Waals surface area contributed by atoms with Crippen LogP contribution in [0.3, 0.4) is 0 Å². The van der Waals surface area contributed by atoms with Crippen LogP contribution >= 0.6 is 23.2 Å². The lowest BCUT2D eigenvalue weighted by molar-refractivity contribution is 0.0598. The molecule has 0 aliphatic heterocycles. The Morgan fingerprint density at radius 2 is 0.949 bits per heavy atom. The van der Waals surface area contributed by atoms with Gasteiger partial charge in [-0.15, -0.1) is 0 Å². The molecular weight excluding hydrogens is 783 g/mol. The van der Waals surface area contributed by atoms with Crippen molar-refractivity contribution in [3.05, 3.63) is 200 Å². The third-order valence-electron chi connectivity index (χ3n) is 10.3. The van der Waals surface area contributed by atoms with Crippen LogP contribution in [-0.2, 0) is 30.7 Å². The van der Waals surface area contributed by atoms with E-state index in [0.717, 1.165) is 63.1 Å². The van der Waals surface area contributed by atoms with Crippen LogP contribution in [0, 0.1) is 0 Å². The van der Waals surface area contributed by atoms with Crippen LogP contribution < -0.4 is 9.47 Å². The van der Waals surface area contributed by atoms with Crippen LogP contribution in [0.15, 0.2) is 146 Å². The van der Waals surface area contributed by atoms with Gasteiger partial charge in [-0.05, 0) is 142 Å². The molecular formula is C49H42Cl2N2O6. The summed E-state index contributed by atoms with van der Waals surface area (Å²) in [5.74, 6) is 0.362. The van der Waals surface area contributed by atoms with Crippen molar-refractivity contribution in [1.82, 2.24) is 9.13 Å². The molecule has 0 unspecified atom stereocenters. The van der Waals surface area contributed by atoms with E-state index < -0.39 is 5.97 Å². The molecule has 0 aliphatic carbocycles. The number of carboxylic acid groups (broad SMARTS) is 1. The number of hydrogen-bond donors (Lipinski definition) is 1. The summed E-state index contributed by atoms with van der Waals surface area (Å²) in [6, 6.07) is 43.4. The maximum atomic E-state index is 12.1. The van der Waals surface area contributed by atoms with Gasteiger partial charge in [0.05, 0.1) is 32.5 Å². The Kier molecular flexibility index (Phi) is 12.7. The summed E-state index contributed by atoms with van der Waals surface area (Å²) >= 11 is 12.0. The average molecular weight is 826 g/mol. The van der Waals surface area contributed by atoms with Crippen molar-refractivity contribution >= 4 is 56.9 Å². The van der Waals surface area contributed by atoms with Crippen molar-refractivity contribution in [2.24, 2.45) is 0 Å². The maximum absolute atomic E-state index is 12.1. The Balaban J connectivity index is 0.000000179. The lowest BCUT2D eigenvalue weighted by atomic mass is 9.99. The van der Waals surface area contributed by atoms with E-state index in [2.05, 4.69) is 88.3 Å². The predicted molar refractivity (Wildman–Crippen MR) is 235 cm³/mol. The zero-order chi connectivity index (χ0) is 41.5. The van der Waals surface area contributed by atoms with Gasteiger partial charge in [-0.2, -0.15) is 0 Å². The first-order valence-corrected chi connectivity index (χ1v) is 19.7. The molecule has 2 aromatic heterocycles. The van der Waals surface area contributed by atoms with Gasteiger partial charge in [-0.25, -0.2) is 9.59 Å². The van der Waals surface area contributed by atoms with Gasteiger partial charge in [0.15, 0.2) is 0 Å². The number of carbonyl (C=O) groups is 2. The molecule has 0 bridgehead atoms. The Bertz CT molecular complexity index is 2750. The number of benzene rings is 6. The predicted octanol–water partition coefficient (Wildman–Crippen LogP) is 11.4. The molecule has 0 radical (unpaired) electrons. The minimum absolute atomic E-state index is 0.245. The van der Waals surface area contributed by atoms with Crippen molar-refractivity contribution in [2.75, 3.05) is 21.3 Å². The van der Waals surface area contributed by atoms with Gasteiger partial charge in [0.1, 0.15) is 11.5 Å². The number of methoxy groups -OCH3 is 3. The van der Waals surface area contributed by atoms with E-state index in [1.54, 1.807) is 38.5 Å². The second kappa shape index (κ2) is 18.4. The van der Waals surface area contributed by atoms with E-state index in [4.69, 9.17) is 37.4 Å². The molecule has 298 valence electrons. The largest absolute Gasteiger partial charge is 0.497 e. The molecule has 0 amide bonds. The first-order valence-electron chi connectivity index (χ1n) is 18.9. The molecule has 59 heavy (non-hydrogen) atoms. The van der Waals surface area contributed by atoms with Gasteiger partial charge in [-0.1, -0.05) is 71.7 Å². The van der Waals surface area contributed by atoms with E-state index in [1.165, 1.54) is 29.8 Å². The van der Waals surface area contributed by atoms with Gasteiger partial charge in [0.2, 0.25) is 0 Å². The first-order chi connectivity index (χ1) is 28.6. The van der Waals surface area contributed by atoms with Crippen molar-refractivity contribution in [3.8, 4) is 11.5 Å². The minimum atomic E-state index is -0.964. The molecule has 0 saturated heterocycles. The number of ether oxygens (including phenoxy) is 3. The number of aromatic nitrogens is 2. The van der Waals surface area contributed by atoms with Crippen molar-refractivity contribution < 1.29 is 28.9 Å². The average Bonchev–Trinajstić information content (AvgIpc) is 3.85. The topological polar surface area (TPSA) is 91.9 Å². The van der Waals surface area contributed by atoms with Gasteiger partial charge >= 0.3 is 11.9 Å². The molecule has 0 fully saturated rings. The summed E-state index contributed by atoms with van der Waals surface area (Å²) in [6.07, 6.45) is 5.34. The fraction of sp³-hybridized carbons (Fsp3) is 0.143. The van der Waals surface area contributed by atoms with Gasteiger partial charge in [0.25, 0.3) is 0 Å². The quantitative estimate of drug-likeness (QED) is 0.123. The molecule has 0 spiro atoms. The second-order valence-electron chi connectivity index (χ2n) is 14.1. The number of hydrogen-bond acceptors (Lipinski definition) is 5. The van der Waals surface area contributed by atoms with Gasteiger partial charge < -0.3 is 28.5 Å². The third kappa shape index (κ3) is 9.80. The minimum Gasteiger partial charge on any atom is -0.497 e. The lowest BCUT2D eigenvalue weighted by Gasteiger charge is -2.10. The number of carbonyl (C=O) groups excluding carboxylic acids is 1. The van der Waals surface area contributed by atoms with E-state index in [-0.39, 0.29) is 11.5 Å². The first kappa shape index (κ1) is 40.7. The normalized spacial score (nSPS) is 10.9. The number of nitrogens with zero attached hydrogens (tertiary/aromatic N) is 2. The SMILES string of the molecule is COC(=O)c1cc(Cl)ccc1Cc1ccc2c(ccn2Cc2ccc(OC)cc2)c1.COc1ccc(Cn2ccc3cc(Cc4ccc(Cl)cc4C(=O)O)ccc32)cc1. The molecule has 6 aromatic carbocycles. The number of esters is 1. The highest BCUT2D eigenvalue weighted by atomic mass is 35.5. The summed E-state index contributed by atoms with van der Waals surface area (Å²) in [5.41, 5.74) is 9.28. The van der Waals surface area contributed by atoms with Crippen molar-refractivity contribution in [3.63, 3.8) is 0 Å². The van der Waals surface area contributed by atoms with E-state index in [0.29, 0.717) is 28.5 Å². The molecule has 0 saturated carbocycles. The summed E-state index contributed by atoms with van der Waals surface area (Å²) in [6.45, 7) is 1.56. The number of rotatable bonds is 12. The Morgan fingerprint density at radius 1 is 0.525 bits per heavy atom. The fourth-order valence-corrected chi connectivity index (χ4v) is 7.54. The van der Waals surface area contributed by atoms with Crippen LogP contribution in [0.5, 0.6) is 11.5 Å². The number of carboxylic acids is 1. The van der Waals surface area contributed by atoms with Crippen molar-refractivity contribution in [2.45, 2.75) is 25.9 Å². The maximum Gasteiger partial charge on any atom is 0.338 e. The zero-order valence-electron chi connectivity index (χ0n) is 32.8. The Morgan fingerprint density at radius 3 is 1.37 bits per heavy atom. The van der Waals surface area contributed by atoms with Gasteiger partial charge in [-0.3, -0.25) is 0 Å². The van der Waals surface area contributed by atoms with Crippen LogP contribution in [0.1, 0.15) is 54.1 Å². The number of aromatic carboxylic acids is 1. The molecule has 8 nitrogen and oxygen atoms in total. The van der Waals surface area contributed by atoms with Crippen molar-refractivity contribution in [1.29, 1.82) is 0 Å². The Labute approximate surface area is 352 Å². The third-order valence-corrected chi connectivity index (χ3v) is 10.7. The highest BCUT2D eigenvalue weighted by Crippen LogP contribution is 2.26. The monoisotopic (exact) mass is 824 g/mol. The summed E-state index contributed by atoms with van der Waals surface area (Å²) in [4.78, 5) is 23.6. The van der Waals surface area contributed by atoms with E-state index in [1.807, 2.05) is 36.4 Å². The van der Waals surface area contributed by atoms with Gasteiger partial charge in [0, 0.05) is 46.6 Å². The highest BCUT2D eigenvalue weighted by molar-refractivity contribution is 6.31. The van der Waals surface area contributed by atoms with Crippen LogP contribution in [0.2, 0.25) is 10.0 Å². The van der Waals surface area contributed by atoms with Crippen LogP contribution in [0.25, 0.3) is 21.8 Å². The molecule has 2 heterocycles. The summed E-state index contributed by atoms with van der Waals surface area (Å²) < 4.78 is 19.8. The standard InChI is InChI=1S/C25H22ClNO3.C24H20ClNO3/c1-29-22-8-3-17(4-9-22)16-27-12-11-20-14-18(5-10-24(20)27)13-19-6-7-21(26)15-23(19)25(28)30-2;1-29-21-7-2-16(3-8-21)15-26-11-10-19-13-17(4-9-23(19)26)12-18-5-6-20(25)14-22(18)24(27)28/h3-12,14-15H,13,16H2,1-2H3;2-11,13-14H,12,15H2,1H3,(H,27,28). The summed E-state index contributed by atoms with van der Waals surface area (Å²) in [5, 5.41) is 12.7. The lowest BCUT2D eigenvalue weighted by Crippen LogP contribution is -2.06. The highest BCUT2D eigenvalue weighted by Gasteiger charge is 2.15. The molecule has 0 aliphatic rings. The van der Waals surface area contributed by atoms with Crippen LogP contribution in [-0.4, -0.2) is 47.5 Å². The molecule has 10 heteroatoms. The second-order valence-corrected chi connectivity index (χ2v) is 15.0. The molecule has 1 N–H and O–H groups in total. The van der Waals surface area contributed by atoms with Crippen LogP contribution in [0.4, 0.5) is 0 Å². The smallest absolute Gasteiger partial charge is 0.338 e. The van der Waals surface area contributed by atoms with E-state index >= 15 is 0 Å². The molecule has 0 atom stereocenters. The molecule has 8 rings (SSSR count). The molecule has 8 aromatic rings. The fourth-order valence-electron chi connectivity index (χ4n) is 7.19. The number of fused-ring (bicyclic) bond motifs is 2. The summed E-state index contributed by atoms with van der Waals surface area (Å²) in [7, 11) is 4.71. The number of halogens is 2. The Hall–Kier alpha value is -6.48. The van der Waals surface area contributed by atoms with E-state index in [9.17, 15) is 14.7 Å². The zero-order valence-corrected chi connectivity index (χ0v) is 34.3.